The molecule has 1 aliphatic heterocycles. The number of hydrogen-bond acceptors (Lipinski definition) is 2. The van der Waals surface area contributed by atoms with E-state index in [0.29, 0.717) is 17.8 Å². The molecule has 0 saturated carbocycles. The molecule has 0 spiro atoms. The van der Waals surface area contributed by atoms with Crippen molar-refractivity contribution in [1.29, 1.82) is 0 Å². The van der Waals surface area contributed by atoms with Crippen molar-refractivity contribution in [3.8, 4) is 0 Å². The summed E-state index contributed by atoms with van der Waals surface area (Å²) >= 11 is 0. The van der Waals surface area contributed by atoms with Gasteiger partial charge in [-0.25, -0.2) is 8.78 Å². The van der Waals surface area contributed by atoms with Crippen LogP contribution in [0.4, 0.5) is 14.5 Å². The van der Waals surface area contributed by atoms with Crippen LogP contribution in [-0.2, 0) is 0 Å². The smallest absolute Gasteiger partial charge is 0.149 e. The standard InChI is InChI=1S/C12H16F2N2/c1-8-6-16(7-9(2)15-8)12-4-3-10(13)5-11(12)14/h3-5,8-9,15H,6-7H2,1-2H3. The molecule has 88 valence electrons. The van der Waals surface area contributed by atoms with E-state index in [9.17, 15) is 8.78 Å². The largest absolute Gasteiger partial charge is 0.366 e. The highest BCUT2D eigenvalue weighted by Crippen LogP contribution is 2.22. The third-order valence-electron chi connectivity index (χ3n) is 2.81. The maximum Gasteiger partial charge on any atom is 0.149 e. The Hall–Kier alpha value is -1.16. The Morgan fingerprint density at radius 2 is 1.81 bits per heavy atom. The fourth-order valence-electron chi connectivity index (χ4n) is 2.26. The van der Waals surface area contributed by atoms with E-state index in [1.807, 2.05) is 4.90 Å². The number of nitrogens with zero attached hydrogens (tertiary/aromatic N) is 1. The number of nitrogens with one attached hydrogen (secondary N) is 1. The summed E-state index contributed by atoms with van der Waals surface area (Å²) in [6.45, 7) is 5.61. The van der Waals surface area contributed by atoms with E-state index in [1.54, 1.807) is 0 Å². The molecule has 2 rings (SSSR count). The van der Waals surface area contributed by atoms with Crippen molar-refractivity contribution in [2.24, 2.45) is 0 Å². The summed E-state index contributed by atoms with van der Waals surface area (Å²) in [7, 11) is 0. The molecule has 2 atom stereocenters. The molecule has 1 fully saturated rings. The van der Waals surface area contributed by atoms with Gasteiger partial charge in [-0.1, -0.05) is 0 Å². The van der Waals surface area contributed by atoms with E-state index in [1.165, 1.54) is 12.1 Å². The van der Waals surface area contributed by atoms with Gasteiger partial charge >= 0.3 is 0 Å². The maximum absolute atomic E-state index is 13.6. The van der Waals surface area contributed by atoms with Crippen molar-refractivity contribution < 1.29 is 8.78 Å². The summed E-state index contributed by atoms with van der Waals surface area (Å²) in [6, 6.07) is 4.37. The summed E-state index contributed by atoms with van der Waals surface area (Å²) in [6.07, 6.45) is 0. The summed E-state index contributed by atoms with van der Waals surface area (Å²) in [4.78, 5) is 1.96. The molecule has 4 heteroatoms. The summed E-state index contributed by atoms with van der Waals surface area (Å²) in [5.74, 6) is -1.02. The molecular formula is C12H16F2N2. The first-order valence-electron chi connectivity index (χ1n) is 5.52. The van der Waals surface area contributed by atoms with Crippen LogP contribution in [0.5, 0.6) is 0 Å². The lowest BCUT2D eigenvalue weighted by atomic mass is 10.1. The van der Waals surface area contributed by atoms with Gasteiger partial charge in [-0.15, -0.1) is 0 Å². The van der Waals surface area contributed by atoms with Crippen molar-refractivity contribution in [2.45, 2.75) is 25.9 Å². The van der Waals surface area contributed by atoms with Crippen LogP contribution in [-0.4, -0.2) is 25.2 Å². The van der Waals surface area contributed by atoms with Crippen molar-refractivity contribution in [1.82, 2.24) is 5.32 Å². The van der Waals surface area contributed by atoms with Gasteiger partial charge in [0.1, 0.15) is 11.6 Å². The first-order valence-corrected chi connectivity index (χ1v) is 5.52. The van der Waals surface area contributed by atoms with Gasteiger partial charge in [0.25, 0.3) is 0 Å². The predicted octanol–water partition coefficient (Wildman–Crippen LogP) is 2.15. The van der Waals surface area contributed by atoms with Crippen LogP contribution in [0.2, 0.25) is 0 Å². The number of piperazine rings is 1. The minimum atomic E-state index is -0.530. The van der Waals surface area contributed by atoms with Crippen LogP contribution in [0.25, 0.3) is 0 Å². The third kappa shape index (κ3) is 2.32. The van der Waals surface area contributed by atoms with E-state index >= 15 is 0 Å². The molecule has 1 aromatic rings. The maximum atomic E-state index is 13.6. The molecule has 1 heterocycles. The molecule has 16 heavy (non-hydrogen) atoms. The Morgan fingerprint density at radius 1 is 1.19 bits per heavy atom. The molecule has 0 aliphatic carbocycles. The average molecular weight is 226 g/mol. The second-order valence-corrected chi connectivity index (χ2v) is 4.47. The van der Waals surface area contributed by atoms with E-state index < -0.39 is 11.6 Å². The molecule has 0 radical (unpaired) electrons. The summed E-state index contributed by atoms with van der Waals surface area (Å²) < 4.78 is 26.4. The molecule has 2 nitrogen and oxygen atoms in total. The minimum Gasteiger partial charge on any atom is -0.366 e. The monoisotopic (exact) mass is 226 g/mol. The van der Waals surface area contributed by atoms with E-state index in [-0.39, 0.29) is 0 Å². The van der Waals surface area contributed by atoms with Gasteiger partial charge in [-0.2, -0.15) is 0 Å². The first kappa shape index (κ1) is 11.3. The molecule has 1 aliphatic rings. The Kier molecular flexibility index (Phi) is 3.10. The second-order valence-electron chi connectivity index (χ2n) is 4.47. The summed E-state index contributed by atoms with van der Waals surface area (Å²) in [5.41, 5.74) is 0.488. The Bertz CT molecular complexity index is 371. The molecule has 2 unspecified atom stereocenters. The lowest BCUT2D eigenvalue weighted by Gasteiger charge is -2.37. The highest BCUT2D eigenvalue weighted by molar-refractivity contribution is 5.48. The fourth-order valence-corrected chi connectivity index (χ4v) is 2.26. The lowest BCUT2D eigenvalue weighted by Crippen LogP contribution is -2.54. The number of rotatable bonds is 1. The zero-order valence-corrected chi connectivity index (χ0v) is 9.50. The summed E-state index contributed by atoms with van der Waals surface area (Å²) in [5, 5.41) is 3.37. The zero-order chi connectivity index (χ0) is 11.7. The van der Waals surface area contributed by atoms with Gasteiger partial charge in [0.2, 0.25) is 0 Å². The van der Waals surface area contributed by atoms with Crippen LogP contribution in [0.15, 0.2) is 18.2 Å². The Balaban J connectivity index is 2.23. The van der Waals surface area contributed by atoms with Gasteiger partial charge in [0, 0.05) is 31.2 Å². The quantitative estimate of drug-likeness (QED) is 0.789. The van der Waals surface area contributed by atoms with E-state index in [4.69, 9.17) is 0 Å². The topological polar surface area (TPSA) is 15.3 Å². The first-order chi connectivity index (χ1) is 7.56. The van der Waals surface area contributed by atoms with E-state index in [2.05, 4.69) is 19.2 Å². The SMILES string of the molecule is CC1CN(c2ccc(F)cc2F)CC(C)N1. The Morgan fingerprint density at radius 3 is 2.38 bits per heavy atom. The van der Waals surface area contributed by atoms with Gasteiger partial charge < -0.3 is 10.2 Å². The van der Waals surface area contributed by atoms with Crippen LogP contribution in [0, 0.1) is 11.6 Å². The second kappa shape index (κ2) is 4.37. The van der Waals surface area contributed by atoms with Crippen molar-refractivity contribution in [2.75, 3.05) is 18.0 Å². The van der Waals surface area contributed by atoms with Crippen LogP contribution in [0.3, 0.4) is 0 Å². The fraction of sp³-hybridized carbons (Fsp3) is 0.500. The van der Waals surface area contributed by atoms with Crippen molar-refractivity contribution >= 4 is 5.69 Å². The van der Waals surface area contributed by atoms with Crippen LogP contribution >= 0.6 is 0 Å². The van der Waals surface area contributed by atoms with Crippen LogP contribution in [0.1, 0.15) is 13.8 Å². The van der Waals surface area contributed by atoms with Gasteiger partial charge in [0.05, 0.1) is 5.69 Å². The molecular weight excluding hydrogens is 210 g/mol. The predicted molar refractivity (Wildman–Crippen MR) is 60.6 cm³/mol. The number of hydrogen-bond donors (Lipinski definition) is 1. The van der Waals surface area contributed by atoms with E-state index in [0.717, 1.165) is 19.2 Å². The molecule has 1 aromatic carbocycles. The normalized spacial score (nSPS) is 25.9. The van der Waals surface area contributed by atoms with Crippen LogP contribution < -0.4 is 10.2 Å². The highest BCUT2D eigenvalue weighted by Gasteiger charge is 2.22. The van der Waals surface area contributed by atoms with Crippen molar-refractivity contribution in [3.63, 3.8) is 0 Å². The van der Waals surface area contributed by atoms with Gasteiger partial charge in [-0.05, 0) is 26.0 Å². The molecule has 0 amide bonds. The minimum absolute atomic E-state index is 0.313. The molecule has 0 bridgehead atoms. The van der Waals surface area contributed by atoms with Gasteiger partial charge in [-0.3, -0.25) is 0 Å². The highest BCUT2D eigenvalue weighted by atomic mass is 19.1. The molecule has 0 aromatic heterocycles. The molecule has 1 N–H and O–H groups in total. The molecule has 1 saturated heterocycles. The number of halogens is 2. The van der Waals surface area contributed by atoms with Crippen molar-refractivity contribution in [3.05, 3.63) is 29.8 Å². The van der Waals surface area contributed by atoms with Gasteiger partial charge in [0.15, 0.2) is 0 Å². The lowest BCUT2D eigenvalue weighted by molar-refractivity contribution is 0.403. The third-order valence-corrected chi connectivity index (χ3v) is 2.81. The average Bonchev–Trinajstić information content (AvgIpc) is 2.15. The zero-order valence-electron chi connectivity index (χ0n) is 9.50. The number of anilines is 1. The number of benzene rings is 1. The Labute approximate surface area is 94.3 Å².